The monoisotopic (exact) mass is 351 g/mol. The number of carbonyl (C=O) groups excluding carboxylic acids is 1. The lowest BCUT2D eigenvalue weighted by Gasteiger charge is -2.45. The van der Waals surface area contributed by atoms with Crippen LogP contribution in [0.4, 0.5) is 4.79 Å². The number of benzene rings is 1. The molecule has 2 bridgehead atoms. The molecule has 3 heterocycles. The minimum absolute atomic E-state index is 0.0536. The number of aliphatic hydroxyl groups is 1. The van der Waals surface area contributed by atoms with Crippen LogP contribution in [0.15, 0.2) is 24.3 Å². The van der Waals surface area contributed by atoms with Crippen molar-refractivity contribution in [1.29, 1.82) is 0 Å². The van der Waals surface area contributed by atoms with E-state index in [2.05, 4.69) is 10.2 Å². The molecule has 2 N–H and O–H groups in total. The quantitative estimate of drug-likeness (QED) is 0.827. The van der Waals surface area contributed by atoms with Crippen LogP contribution in [-0.2, 0) is 6.54 Å². The molecule has 0 radical (unpaired) electrons. The van der Waals surface area contributed by atoms with Gasteiger partial charge in [0.05, 0.1) is 0 Å². The Balaban J connectivity index is 1.64. The number of rotatable bonds is 6. The summed E-state index contributed by atoms with van der Waals surface area (Å²) in [5.41, 5.74) is 0.932. The van der Waals surface area contributed by atoms with Crippen LogP contribution in [-0.4, -0.2) is 59.8 Å². The van der Waals surface area contributed by atoms with Crippen LogP contribution >= 0.6 is 11.6 Å². The molecule has 0 aromatic heterocycles. The first-order chi connectivity index (χ1) is 11.7. The summed E-state index contributed by atoms with van der Waals surface area (Å²) in [6.07, 6.45) is 2.91. The SMILES string of the molecule is O=C(NC1CN2CCC1CC2)N(CCCO)Cc1ccccc1Cl. The molecule has 3 saturated heterocycles. The number of carbonyl (C=O) groups is 1. The van der Waals surface area contributed by atoms with E-state index >= 15 is 0 Å². The maximum Gasteiger partial charge on any atom is 0.317 e. The standard InChI is InChI=1S/C18H26ClN3O2/c19-16-5-2-1-4-15(16)12-22(8-3-11-23)18(24)20-17-13-21-9-6-14(17)7-10-21/h1-2,4-5,14,17,23H,3,6-13H2,(H,20,24). The second-order valence-corrected chi connectivity index (χ2v) is 7.19. The van der Waals surface area contributed by atoms with Gasteiger partial charge in [0.15, 0.2) is 0 Å². The van der Waals surface area contributed by atoms with Gasteiger partial charge in [-0.3, -0.25) is 0 Å². The van der Waals surface area contributed by atoms with Crippen molar-refractivity contribution in [2.75, 3.05) is 32.8 Å². The fraction of sp³-hybridized carbons (Fsp3) is 0.611. The number of aliphatic hydroxyl groups excluding tert-OH is 1. The van der Waals surface area contributed by atoms with E-state index in [1.165, 1.54) is 12.8 Å². The van der Waals surface area contributed by atoms with Crippen molar-refractivity contribution in [3.63, 3.8) is 0 Å². The Hall–Kier alpha value is -1.30. The van der Waals surface area contributed by atoms with Crippen molar-refractivity contribution in [2.45, 2.75) is 31.8 Å². The number of amides is 2. The lowest BCUT2D eigenvalue weighted by molar-refractivity contribution is 0.0724. The molecule has 1 aromatic carbocycles. The molecular formula is C18H26ClN3O2. The average Bonchev–Trinajstić information content (AvgIpc) is 2.61. The normalized spacial score (nSPS) is 25.5. The molecule has 24 heavy (non-hydrogen) atoms. The van der Waals surface area contributed by atoms with E-state index in [0.29, 0.717) is 30.5 Å². The van der Waals surface area contributed by atoms with Crippen LogP contribution in [0.3, 0.4) is 0 Å². The Morgan fingerprint density at radius 1 is 1.33 bits per heavy atom. The molecule has 0 spiro atoms. The summed E-state index contributed by atoms with van der Waals surface area (Å²) < 4.78 is 0. The van der Waals surface area contributed by atoms with Crippen LogP contribution < -0.4 is 5.32 Å². The van der Waals surface area contributed by atoms with Gasteiger partial charge < -0.3 is 20.2 Å². The topological polar surface area (TPSA) is 55.8 Å². The van der Waals surface area contributed by atoms with Crippen molar-refractivity contribution in [2.24, 2.45) is 5.92 Å². The summed E-state index contributed by atoms with van der Waals surface area (Å²) in [6.45, 7) is 4.33. The molecule has 1 atom stereocenters. The van der Waals surface area contributed by atoms with Gasteiger partial charge in [-0.05, 0) is 49.9 Å². The number of urea groups is 1. The first kappa shape index (κ1) is 17.5. The minimum atomic E-state index is -0.0536. The van der Waals surface area contributed by atoms with Gasteiger partial charge in [-0.15, -0.1) is 0 Å². The van der Waals surface area contributed by atoms with Gasteiger partial charge in [-0.25, -0.2) is 4.79 Å². The highest BCUT2D eigenvalue weighted by Crippen LogP contribution is 2.27. The molecule has 0 aliphatic carbocycles. The number of nitrogens with one attached hydrogen (secondary N) is 1. The van der Waals surface area contributed by atoms with Crippen molar-refractivity contribution in [1.82, 2.24) is 15.1 Å². The first-order valence-corrected chi connectivity index (χ1v) is 9.17. The van der Waals surface area contributed by atoms with Crippen LogP contribution in [0.1, 0.15) is 24.8 Å². The molecule has 3 aliphatic heterocycles. The summed E-state index contributed by atoms with van der Waals surface area (Å²) in [4.78, 5) is 17.0. The fourth-order valence-corrected chi connectivity index (χ4v) is 3.92. The van der Waals surface area contributed by atoms with Gasteiger partial charge >= 0.3 is 6.03 Å². The average molecular weight is 352 g/mol. The molecular weight excluding hydrogens is 326 g/mol. The van der Waals surface area contributed by atoms with Gasteiger partial charge in [-0.1, -0.05) is 29.8 Å². The highest BCUT2D eigenvalue weighted by Gasteiger charge is 2.35. The molecule has 132 valence electrons. The smallest absolute Gasteiger partial charge is 0.317 e. The number of nitrogens with zero attached hydrogens (tertiary/aromatic N) is 2. The zero-order chi connectivity index (χ0) is 16.9. The number of hydrogen-bond acceptors (Lipinski definition) is 3. The van der Waals surface area contributed by atoms with E-state index in [-0.39, 0.29) is 18.7 Å². The Bertz CT molecular complexity index is 561. The van der Waals surface area contributed by atoms with E-state index < -0.39 is 0 Å². The second kappa shape index (κ2) is 8.19. The summed E-state index contributed by atoms with van der Waals surface area (Å²) in [5, 5.41) is 13.0. The van der Waals surface area contributed by atoms with Crippen LogP contribution in [0, 0.1) is 5.92 Å². The highest BCUT2D eigenvalue weighted by atomic mass is 35.5. The minimum Gasteiger partial charge on any atom is -0.396 e. The molecule has 1 aromatic rings. The largest absolute Gasteiger partial charge is 0.396 e. The number of halogens is 1. The molecule has 0 saturated carbocycles. The maximum atomic E-state index is 12.8. The lowest BCUT2D eigenvalue weighted by Crippen LogP contribution is -2.59. The molecule has 3 fully saturated rings. The van der Waals surface area contributed by atoms with E-state index in [1.54, 1.807) is 4.90 Å². The van der Waals surface area contributed by atoms with E-state index in [4.69, 9.17) is 16.7 Å². The first-order valence-electron chi connectivity index (χ1n) is 8.79. The Morgan fingerprint density at radius 3 is 2.71 bits per heavy atom. The summed E-state index contributed by atoms with van der Waals surface area (Å²) >= 11 is 6.24. The predicted octanol–water partition coefficient (Wildman–Crippen LogP) is 2.33. The summed E-state index contributed by atoms with van der Waals surface area (Å²) in [7, 11) is 0. The third-order valence-corrected chi connectivity index (χ3v) is 5.53. The Labute approximate surface area is 148 Å². The van der Waals surface area contributed by atoms with Gasteiger partial charge in [0, 0.05) is 37.3 Å². The van der Waals surface area contributed by atoms with E-state index in [0.717, 1.165) is 25.2 Å². The number of piperidine rings is 3. The van der Waals surface area contributed by atoms with Crippen molar-refractivity contribution < 1.29 is 9.90 Å². The van der Waals surface area contributed by atoms with Gasteiger partial charge in [0.25, 0.3) is 0 Å². The Kier molecular flexibility index (Phi) is 5.98. The third-order valence-electron chi connectivity index (χ3n) is 5.16. The molecule has 6 heteroatoms. The maximum absolute atomic E-state index is 12.8. The summed E-state index contributed by atoms with van der Waals surface area (Å²) in [6, 6.07) is 7.78. The molecule has 2 amide bonds. The van der Waals surface area contributed by atoms with Crippen molar-refractivity contribution in [3.8, 4) is 0 Å². The third kappa shape index (κ3) is 4.21. The summed E-state index contributed by atoms with van der Waals surface area (Å²) in [5.74, 6) is 0.596. The zero-order valence-corrected chi connectivity index (χ0v) is 14.7. The van der Waals surface area contributed by atoms with E-state index in [1.807, 2.05) is 24.3 Å². The van der Waals surface area contributed by atoms with Gasteiger partial charge in [-0.2, -0.15) is 0 Å². The molecule has 5 nitrogen and oxygen atoms in total. The van der Waals surface area contributed by atoms with Crippen molar-refractivity contribution in [3.05, 3.63) is 34.9 Å². The lowest BCUT2D eigenvalue weighted by atomic mass is 9.84. The number of hydrogen-bond donors (Lipinski definition) is 2. The predicted molar refractivity (Wildman–Crippen MR) is 95.0 cm³/mol. The van der Waals surface area contributed by atoms with E-state index in [9.17, 15) is 4.79 Å². The van der Waals surface area contributed by atoms with Crippen LogP contribution in [0.2, 0.25) is 5.02 Å². The fourth-order valence-electron chi connectivity index (χ4n) is 3.72. The number of fused-ring (bicyclic) bond motifs is 3. The molecule has 1 unspecified atom stereocenters. The Morgan fingerprint density at radius 2 is 2.08 bits per heavy atom. The molecule has 4 rings (SSSR count). The van der Waals surface area contributed by atoms with Crippen molar-refractivity contribution >= 4 is 17.6 Å². The highest BCUT2D eigenvalue weighted by molar-refractivity contribution is 6.31. The van der Waals surface area contributed by atoms with Gasteiger partial charge in [0.1, 0.15) is 0 Å². The molecule has 3 aliphatic rings. The van der Waals surface area contributed by atoms with Crippen LogP contribution in [0.25, 0.3) is 0 Å². The van der Waals surface area contributed by atoms with Crippen LogP contribution in [0.5, 0.6) is 0 Å². The van der Waals surface area contributed by atoms with Gasteiger partial charge in [0.2, 0.25) is 0 Å². The zero-order valence-electron chi connectivity index (χ0n) is 14.0. The second-order valence-electron chi connectivity index (χ2n) is 6.78.